The highest BCUT2D eigenvalue weighted by Crippen LogP contribution is 2.32. The molecule has 100 valence electrons. The molecule has 2 N–H and O–H groups in total. The lowest BCUT2D eigenvalue weighted by Gasteiger charge is -2.17. The van der Waals surface area contributed by atoms with Gasteiger partial charge < -0.3 is 5.73 Å². The van der Waals surface area contributed by atoms with Gasteiger partial charge in [-0.15, -0.1) is 0 Å². The minimum atomic E-state index is -0.944. The lowest BCUT2D eigenvalue weighted by molar-refractivity contribution is 0.538. The smallest absolute Gasteiger partial charge is 0.134 e. The number of hydrogen-bond acceptors (Lipinski definition) is 1. The first-order valence-corrected chi connectivity index (χ1v) is 6.74. The summed E-state index contributed by atoms with van der Waals surface area (Å²) in [5, 5.41) is 0.363. The Balaban J connectivity index is 2.56. The van der Waals surface area contributed by atoms with Crippen LogP contribution in [0.1, 0.15) is 22.7 Å². The van der Waals surface area contributed by atoms with Crippen molar-refractivity contribution >= 4 is 27.5 Å². The first-order valence-electron chi connectivity index (χ1n) is 5.57. The molecule has 0 fully saturated rings. The van der Waals surface area contributed by atoms with Crippen molar-refractivity contribution in [2.75, 3.05) is 0 Å². The van der Waals surface area contributed by atoms with E-state index in [1.807, 2.05) is 0 Å². The van der Waals surface area contributed by atoms with Gasteiger partial charge in [-0.05, 0) is 36.2 Å². The molecule has 0 aliphatic heterocycles. The Morgan fingerprint density at radius 3 is 2.53 bits per heavy atom. The second kappa shape index (κ2) is 5.57. The molecule has 1 atom stereocenters. The van der Waals surface area contributed by atoms with Gasteiger partial charge in [0.1, 0.15) is 11.6 Å². The number of benzene rings is 2. The second-order valence-corrected chi connectivity index (χ2v) is 5.56. The normalized spacial score (nSPS) is 12.5. The molecule has 0 aliphatic rings. The summed E-state index contributed by atoms with van der Waals surface area (Å²) >= 11 is 9.33. The van der Waals surface area contributed by atoms with Gasteiger partial charge in [0.05, 0.1) is 6.04 Å². The molecule has 0 aliphatic carbocycles. The third kappa shape index (κ3) is 2.81. The van der Waals surface area contributed by atoms with Crippen molar-refractivity contribution in [1.29, 1.82) is 0 Å². The molecule has 0 heterocycles. The predicted octanol–water partition coefficient (Wildman–Crippen LogP) is 4.74. The van der Waals surface area contributed by atoms with Gasteiger partial charge in [-0.25, -0.2) is 8.78 Å². The maximum Gasteiger partial charge on any atom is 0.134 e. The molecule has 1 unspecified atom stereocenters. The van der Waals surface area contributed by atoms with Crippen LogP contribution in [0.15, 0.2) is 34.8 Å². The Morgan fingerprint density at radius 1 is 1.21 bits per heavy atom. The van der Waals surface area contributed by atoms with Gasteiger partial charge in [-0.1, -0.05) is 39.7 Å². The molecule has 2 rings (SSSR count). The third-order valence-corrected chi connectivity index (χ3v) is 3.75. The minimum absolute atomic E-state index is 0.163. The maximum atomic E-state index is 14.0. The second-order valence-electron chi connectivity index (χ2n) is 4.24. The highest BCUT2D eigenvalue weighted by atomic mass is 79.9. The Hall–Kier alpha value is -0.970. The van der Waals surface area contributed by atoms with E-state index in [-0.39, 0.29) is 5.56 Å². The largest absolute Gasteiger partial charge is 0.320 e. The van der Waals surface area contributed by atoms with Gasteiger partial charge in [-0.2, -0.15) is 0 Å². The van der Waals surface area contributed by atoms with E-state index < -0.39 is 17.7 Å². The summed E-state index contributed by atoms with van der Waals surface area (Å²) in [6.45, 7) is 1.56. The number of halogens is 4. The van der Waals surface area contributed by atoms with Crippen LogP contribution >= 0.6 is 27.5 Å². The molecule has 1 nitrogen and oxygen atoms in total. The van der Waals surface area contributed by atoms with Crippen LogP contribution in [0.5, 0.6) is 0 Å². The van der Waals surface area contributed by atoms with Gasteiger partial charge in [0, 0.05) is 15.1 Å². The standard InChI is InChI=1S/C14H11BrClF2N/c1-7-2-5-11(17)12(13(7)18)14(19)9-4-3-8(15)6-10(9)16/h2-6,14H,19H2,1H3. The number of nitrogens with two attached hydrogens (primary N) is 1. The Kier molecular flexibility index (Phi) is 4.23. The topological polar surface area (TPSA) is 26.0 Å². The summed E-state index contributed by atoms with van der Waals surface area (Å²) in [6, 6.07) is 6.66. The summed E-state index contributed by atoms with van der Waals surface area (Å²) in [5.74, 6) is -1.30. The highest BCUT2D eigenvalue weighted by Gasteiger charge is 2.21. The van der Waals surface area contributed by atoms with Gasteiger partial charge in [0.2, 0.25) is 0 Å². The van der Waals surface area contributed by atoms with E-state index in [9.17, 15) is 8.78 Å². The van der Waals surface area contributed by atoms with Crippen molar-refractivity contribution in [2.45, 2.75) is 13.0 Å². The van der Waals surface area contributed by atoms with Gasteiger partial charge >= 0.3 is 0 Å². The van der Waals surface area contributed by atoms with E-state index in [4.69, 9.17) is 17.3 Å². The van der Waals surface area contributed by atoms with Gasteiger partial charge in [-0.3, -0.25) is 0 Å². The van der Waals surface area contributed by atoms with Crippen LogP contribution in [0.2, 0.25) is 5.02 Å². The zero-order valence-corrected chi connectivity index (χ0v) is 12.4. The van der Waals surface area contributed by atoms with Crippen LogP contribution in [0, 0.1) is 18.6 Å². The molecule has 0 aromatic heterocycles. The summed E-state index contributed by atoms with van der Waals surface area (Å²) < 4.78 is 28.6. The average Bonchev–Trinajstić information content (AvgIpc) is 2.34. The van der Waals surface area contributed by atoms with Crippen molar-refractivity contribution in [1.82, 2.24) is 0 Å². The quantitative estimate of drug-likeness (QED) is 0.835. The molecular formula is C14H11BrClF2N. The molecule has 0 saturated heterocycles. The summed E-state index contributed by atoms with van der Waals surface area (Å²) in [5.41, 5.74) is 6.62. The lowest BCUT2D eigenvalue weighted by Crippen LogP contribution is -2.16. The Bertz CT molecular complexity index is 631. The average molecular weight is 347 g/mol. The van der Waals surface area contributed by atoms with E-state index in [1.165, 1.54) is 12.1 Å². The van der Waals surface area contributed by atoms with Crippen LogP contribution in [0.3, 0.4) is 0 Å². The minimum Gasteiger partial charge on any atom is -0.320 e. The van der Waals surface area contributed by atoms with Crippen molar-refractivity contribution in [2.24, 2.45) is 5.73 Å². The Labute approximate surface area is 123 Å². The summed E-state index contributed by atoms with van der Waals surface area (Å²) in [7, 11) is 0. The fraction of sp³-hybridized carbons (Fsp3) is 0.143. The van der Waals surface area contributed by atoms with Crippen LogP contribution in [-0.4, -0.2) is 0 Å². The lowest BCUT2D eigenvalue weighted by atomic mass is 9.97. The number of rotatable bonds is 2. The fourth-order valence-electron chi connectivity index (χ4n) is 1.87. The van der Waals surface area contributed by atoms with Crippen molar-refractivity contribution in [3.63, 3.8) is 0 Å². The number of hydrogen-bond donors (Lipinski definition) is 1. The highest BCUT2D eigenvalue weighted by molar-refractivity contribution is 9.10. The molecule has 2 aromatic carbocycles. The molecule has 19 heavy (non-hydrogen) atoms. The predicted molar refractivity (Wildman–Crippen MR) is 76.3 cm³/mol. The zero-order valence-electron chi connectivity index (χ0n) is 10.1. The third-order valence-electron chi connectivity index (χ3n) is 2.93. The van der Waals surface area contributed by atoms with E-state index in [1.54, 1.807) is 25.1 Å². The molecule has 0 radical (unpaired) electrons. The van der Waals surface area contributed by atoms with Crippen molar-refractivity contribution in [3.05, 3.63) is 68.2 Å². The van der Waals surface area contributed by atoms with Crippen molar-refractivity contribution in [3.8, 4) is 0 Å². The van der Waals surface area contributed by atoms with E-state index >= 15 is 0 Å². The van der Waals surface area contributed by atoms with Crippen LogP contribution in [-0.2, 0) is 0 Å². The first kappa shape index (κ1) is 14.4. The molecule has 0 saturated carbocycles. The first-order chi connectivity index (χ1) is 8.91. The molecular weight excluding hydrogens is 336 g/mol. The van der Waals surface area contributed by atoms with Gasteiger partial charge in [0.25, 0.3) is 0 Å². The Morgan fingerprint density at radius 2 is 1.89 bits per heavy atom. The van der Waals surface area contributed by atoms with Crippen LogP contribution in [0.4, 0.5) is 8.78 Å². The van der Waals surface area contributed by atoms with E-state index in [0.29, 0.717) is 16.1 Å². The molecule has 0 spiro atoms. The van der Waals surface area contributed by atoms with E-state index in [2.05, 4.69) is 15.9 Å². The number of aryl methyl sites for hydroxylation is 1. The van der Waals surface area contributed by atoms with Crippen LogP contribution in [0.25, 0.3) is 0 Å². The van der Waals surface area contributed by atoms with E-state index in [0.717, 1.165) is 4.47 Å². The fourth-order valence-corrected chi connectivity index (χ4v) is 2.66. The maximum absolute atomic E-state index is 14.0. The summed E-state index contributed by atoms with van der Waals surface area (Å²) in [4.78, 5) is 0. The van der Waals surface area contributed by atoms with Gasteiger partial charge in [0.15, 0.2) is 0 Å². The molecule has 5 heteroatoms. The molecule has 0 amide bonds. The van der Waals surface area contributed by atoms with Crippen LogP contribution < -0.4 is 5.73 Å². The zero-order chi connectivity index (χ0) is 14.2. The SMILES string of the molecule is Cc1ccc(F)c(C(N)c2ccc(Br)cc2Cl)c1F. The molecule has 0 bridgehead atoms. The van der Waals surface area contributed by atoms with Crippen molar-refractivity contribution < 1.29 is 8.78 Å². The monoisotopic (exact) mass is 345 g/mol. The molecule has 2 aromatic rings. The summed E-state index contributed by atoms with van der Waals surface area (Å²) in [6.07, 6.45) is 0.